The molecule has 2 N–H and O–H groups in total. The molecule has 3 rings (SSSR count). The predicted molar refractivity (Wildman–Crippen MR) is 105 cm³/mol. The van der Waals surface area contributed by atoms with Crippen molar-refractivity contribution in [1.29, 1.82) is 0 Å². The second-order valence-corrected chi connectivity index (χ2v) is 8.15. The third-order valence-corrected chi connectivity index (χ3v) is 5.43. The van der Waals surface area contributed by atoms with E-state index in [1.807, 2.05) is 19.9 Å². The number of rotatable bonds is 4. The van der Waals surface area contributed by atoms with Crippen LogP contribution in [0.25, 0.3) is 0 Å². The molecular weight excluding hydrogens is 413 g/mol. The summed E-state index contributed by atoms with van der Waals surface area (Å²) in [6.07, 6.45) is 0.749. The van der Waals surface area contributed by atoms with Crippen LogP contribution in [0.4, 0.5) is 4.39 Å². The Kier molecular flexibility index (Phi) is 5.86. The van der Waals surface area contributed by atoms with Crippen molar-refractivity contribution < 1.29 is 19.0 Å². The number of phenols is 1. The molecular formula is C21H23BrFNO3. The Balaban J connectivity index is 1.96. The Labute approximate surface area is 166 Å². The summed E-state index contributed by atoms with van der Waals surface area (Å²) in [7, 11) is 0. The molecule has 2 aromatic rings. The molecule has 27 heavy (non-hydrogen) atoms. The molecule has 0 aromatic heterocycles. The molecule has 4 nitrogen and oxygen atoms in total. The van der Waals surface area contributed by atoms with E-state index in [4.69, 9.17) is 4.74 Å². The van der Waals surface area contributed by atoms with Crippen LogP contribution in [-0.2, 0) is 9.53 Å². The lowest BCUT2D eigenvalue weighted by Crippen LogP contribution is -2.50. The van der Waals surface area contributed by atoms with Crippen LogP contribution >= 0.6 is 15.9 Å². The lowest BCUT2D eigenvalue weighted by molar-refractivity contribution is -0.128. The first-order chi connectivity index (χ1) is 12.8. The Morgan fingerprint density at radius 1 is 1.26 bits per heavy atom. The fraction of sp³-hybridized carbons (Fsp3) is 0.381. The molecule has 1 aliphatic rings. The zero-order valence-corrected chi connectivity index (χ0v) is 16.9. The summed E-state index contributed by atoms with van der Waals surface area (Å²) in [5.74, 6) is -0.195. The zero-order chi connectivity index (χ0) is 19.6. The molecule has 1 aliphatic heterocycles. The number of carbonyl (C=O) groups is 1. The first-order valence-corrected chi connectivity index (χ1v) is 9.79. The third kappa shape index (κ3) is 4.68. The van der Waals surface area contributed by atoms with E-state index in [1.165, 1.54) is 12.1 Å². The molecule has 0 radical (unpaired) electrons. The number of aromatic hydroxyl groups is 1. The summed E-state index contributed by atoms with van der Waals surface area (Å²) in [5, 5.41) is 13.4. The number of nitrogens with one attached hydrogen (secondary N) is 1. The lowest BCUT2D eigenvalue weighted by atomic mass is 9.81. The molecule has 0 spiro atoms. The average molecular weight is 436 g/mol. The van der Waals surface area contributed by atoms with E-state index < -0.39 is 11.6 Å². The van der Waals surface area contributed by atoms with Crippen molar-refractivity contribution in [2.24, 2.45) is 0 Å². The number of amides is 1. The molecule has 0 aliphatic carbocycles. The molecule has 3 atom stereocenters. The highest BCUT2D eigenvalue weighted by Gasteiger charge is 2.40. The van der Waals surface area contributed by atoms with E-state index in [0.717, 1.165) is 10.0 Å². The molecule has 1 saturated heterocycles. The number of halogens is 2. The van der Waals surface area contributed by atoms with Gasteiger partial charge in [-0.25, -0.2) is 4.39 Å². The second-order valence-electron chi connectivity index (χ2n) is 7.24. The fourth-order valence-corrected chi connectivity index (χ4v) is 3.94. The van der Waals surface area contributed by atoms with E-state index in [9.17, 15) is 14.3 Å². The second kappa shape index (κ2) is 7.98. The fourth-order valence-electron chi connectivity index (χ4n) is 3.56. The van der Waals surface area contributed by atoms with E-state index in [1.54, 1.807) is 24.3 Å². The van der Waals surface area contributed by atoms with E-state index in [-0.39, 0.29) is 23.6 Å². The van der Waals surface area contributed by atoms with Crippen LogP contribution < -0.4 is 5.32 Å². The Hall–Kier alpha value is -1.92. The highest BCUT2D eigenvalue weighted by Crippen LogP contribution is 2.46. The first-order valence-electron chi connectivity index (χ1n) is 9.00. The van der Waals surface area contributed by atoms with Crippen LogP contribution in [0.3, 0.4) is 0 Å². The summed E-state index contributed by atoms with van der Waals surface area (Å²) < 4.78 is 20.5. The summed E-state index contributed by atoms with van der Waals surface area (Å²) >= 11 is 3.43. The standard InChI is InChI=1S/C21H23BrFNO3/c1-3-20(26)24-21(2)11-18(13-4-7-15(23)8-5-13)27-19(12-21)16-10-14(22)6-9-17(16)25/h4-10,18-19,25H,3,11-12H2,1-2H3,(H,24,26)/t18-,19+,21+/m0/s1. The molecule has 2 aromatic carbocycles. The minimum Gasteiger partial charge on any atom is -0.508 e. The van der Waals surface area contributed by atoms with Gasteiger partial charge in [-0.1, -0.05) is 35.0 Å². The maximum absolute atomic E-state index is 13.3. The highest BCUT2D eigenvalue weighted by atomic mass is 79.9. The zero-order valence-electron chi connectivity index (χ0n) is 15.3. The SMILES string of the molecule is CCC(=O)N[C@]1(C)C[C@@H](c2ccc(F)cc2)O[C@@H](c2cc(Br)ccc2O)C1. The minimum atomic E-state index is -0.510. The van der Waals surface area contributed by atoms with E-state index in [0.29, 0.717) is 24.8 Å². The van der Waals surface area contributed by atoms with Gasteiger partial charge in [0, 0.05) is 34.8 Å². The van der Waals surface area contributed by atoms with Gasteiger partial charge in [0.2, 0.25) is 5.91 Å². The van der Waals surface area contributed by atoms with Crippen molar-refractivity contribution in [2.75, 3.05) is 0 Å². The minimum absolute atomic E-state index is 0.0329. The Bertz CT molecular complexity index is 827. The van der Waals surface area contributed by atoms with Crippen LogP contribution in [0.15, 0.2) is 46.9 Å². The van der Waals surface area contributed by atoms with Crippen molar-refractivity contribution in [1.82, 2.24) is 5.32 Å². The molecule has 0 bridgehead atoms. The lowest BCUT2D eigenvalue weighted by Gasteiger charge is -2.43. The number of ether oxygens (including phenoxy) is 1. The van der Waals surface area contributed by atoms with Crippen LogP contribution in [-0.4, -0.2) is 16.6 Å². The van der Waals surface area contributed by atoms with Crippen LogP contribution in [0.1, 0.15) is 56.4 Å². The first kappa shape index (κ1) is 19.8. The Morgan fingerprint density at radius 2 is 1.93 bits per heavy atom. The van der Waals surface area contributed by atoms with Crippen molar-refractivity contribution in [3.63, 3.8) is 0 Å². The van der Waals surface area contributed by atoms with Gasteiger partial charge < -0.3 is 15.2 Å². The van der Waals surface area contributed by atoms with Gasteiger partial charge in [-0.05, 0) is 42.8 Å². The monoisotopic (exact) mass is 435 g/mol. The maximum Gasteiger partial charge on any atom is 0.220 e. The average Bonchev–Trinajstić information content (AvgIpc) is 2.63. The van der Waals surface area contributed by atoms with Crippen LogP contribution in [0.5, 0.6) is 5.75 Å². The summed E-state index contributed by atoms with van der Waals surface area (Å²) in [4.78, 5) is 12.1. The van der Waals surface area contributed by atoms with Gasteiger partial charge in [0.25, 0.3) is 0 Å². The van der Waals surface area contributed by atoms with Crippen molar-refractivity contribution in [2.45, 2.75) is 50.9 Å². The van der Waals surface area contributed by atoms with Crippen molar-refractivity contribution in [3.05, 3.63) is 63.9 Å². The summed E-state index contributed by atoms with van der Waals surface area (Å²) in [6.45, 7) is 3.80. The molecule has 0 saturated carbocycles. The number of phenolic OH excluding ortho intramolecular Hbond substituents is 1. The smallest absolute Gasteiger partial charge is 0.220 e. The van der Waals surface area contributed by atoms with Gasteiger partial charge in [0.15, 0.2) is 0 Å². The molecule has 0 unspecified atom stereocenters. The third-order valence-electron chi connectivity index (χ3n) is 4.94. The van der Waals surface area contributed by atoms with Crippen molar-refractivity contribution in [3.8, 4) is 5.75 Å². The Morgan fingerprint density at radius 3 is 2.59 bits per heavy atom. The summed E-state index contributed by atoms with van der Waals surface area (Å²) in [6, 6.07) is 11.4. The van der Waals surface area contributed by atoms with E-state index in [2.05, 4.69) is 21.2 Å². The largest absolute Gasteiger partial charge is 0.508 e. The number of benzene rings is 2. The van der Waals surface area contributed by atoms with Crippen LogP contribution in [0, 0.1) is 5.82 Å². The highest BCUT2D eigenvalue weighted by molar-refractivity contribution is 9.10. The quantitative estimate of drug-likeness (QED) is 0.695. The number of carbonyl (C=O) groups excluding carboxylic acids is 1. The summed E-state index contributed by atoms with van der Waals surface area (Å²) in [5.41, 5.74) is 0.991. The van der Waals surface area contributed by atoms with E-state index >= 15 is 0 Å². The van der Waals surface area contributed by atoms with Gasteiger partial charge >= 0.3 is 0 Å². The molecule has 1 fully saturated rings. The van der Waals surface area contributed by atoms with Gasteiger partial charge in [-0.2, -0.15) is 0 Å². The number of hydrogen-bond donors (Lipinski definition) is 2. The maximum atomic E-state index is 13.3. The van der Waals surface area contributed by atoms with Crippen molar-refractivity contribution >= 4 is 21.8 Å². The van der Waals surface area contributed by atoms with Gasteiger partial charge in [-0.15, -0.1) is 0 Å². The molecule has 1 heterocycles. The number of hydrogen-bond acceptors (Lipinski definition) is 3. The van der Waals surface area contributed by atoms with Gasteiger partial charge in [0.05, 0.1) is 12.2 Å². The predicted octanol–water partition coefficient (Wildman–Crippen LogP) is 5.17. The van der Waals surface area contributed by atoms with Gasteiger partial charge in [-0.3, -0.25) is 4.79 Å². The van der Waals surface area contributed by atoms with Gasteiger partial charge in [0.1, 0.15) is 11.6 Å². The normalized spacial score (nSPS) is 25.2. The topological polar surface area (TPSA) is 58.6 Å². The molecule has 1 amide bonds. The molecule has 6 heteroatoms. The molecule has 144 valence electrons. The van der Waals surface area contributed by atoms with Crippen LogP contribution in [0.2, 0.25) is 0 Å².